The minimum Gasteiger partial charge on any atom is -0.465 e. The lowest BCUT2D eigenvalue weighted by Gasteiger charge is -2.33. The molecule has 1 aromatic heterocycles. The molecule has 0 spiro atoms. The Balaban J connectivity index is 1.66. The van der Waals surface area contributed by atoms with E-state index >= 15 is 0 Å². The number of nitriles is 1. The zero-order valence-corrected chi connectivity index (χ0v) is 18.4. The predicted molar refractivity (Wildman–Crippen MR) is 120 cm³/mol. The van der Waals surface area contributed by atoms with Crippen LogP contribution in [0.3, 0.4) is 0 Å². The Kier molecular flexibility index (Phi) is 6.48. The molecule has 2 aliphatic rings. The van der Waals surface area contributed by atoms with Gasteiger partial charge in [-0.25, -0.2) is 0 Å². The number of fused-ring (bicyclic) bond motifs is 2. The molecule has 5 nitrogen and oxygen atoms in total. The summed E-state index contributed by atoms with van der Waals surface area (Å²) in [6, 6.07) is 12.3. The van der Waals surface area contributed by atoms with Gasteiger partial charge in [0.1, 0.15) is 6.04 Å². The number of benzene rings is 1. The van der Waals surface area contributed by atoms with Gasteiger partial charge in [0.25, 0.3) is 0 Å². The number of esters is 1. The fraction of sp³-hybridized carbons (Fsp3) is 0.423. The molecule has 31 heavy (non-hydrogen) atoms. The molecule has 1 saturated heterocycles. The van der Waals surface area contributed by atoms with Crippen molar-refractivity contribution in [3.63, 3.8) is 0 Å². The molecule has 0 amide bonds. The van der Waals surface area contributed by atoms with Crippen molar-refractivity contribution in [2.75, 3.05) is 19.7 Å². The minimum absolute atomic E-state index is 0.131. The molecule has 5 heteroatoms. The van der Waals surface area contributed by atoms with E-state index in [1.165, 1.54) is 27.8 Å². The van der Waals surface area contributed by atoms with Crippen LogP contribution in [0, 0.1) is 11.3 Å². The molecule has 1 aliphatic carbocycles. The number of aryl methyl sites for hydroxylation is 2. The van der Waals surface area contributed by atoms with Crippen LogP contribution < -0.4 is 0 Å². The van der Waals surface area contributed by atoms with E-state index < -0.39 is 0 Å². The number of hydrogen-bond donors (Lipinski definition) is 0. The standard InChI is InChI=1S/C26H29N3O2/c1-3-15-31-26(30)18(2)29-13-10-20(11-14-29)24-23-9-6-19(17-27)16-22(23)8-7-21-5-4-12-28-25(21)24/h4-6,9,12,16,18H,3,7-8,10-11,13-15H2,1-2H3. The molecule has 2 heterocycles. The second kappa shape index (κ2) is 9.45. The first kappa shape index (κ1) is 21.3. The van der Waals surface area contributed by atoms with Crippen LogP contribution in [-0.4, -0.2) is 41.6 Å². The van der Waals surface area contributed by atoms with Gasteiger partial charge < -0.3 is 4.74 Å². The van der Waals surface area contributed by atoms with Crippen molar-refractivity contribution < 1.29 is 9.53 Å². The highest BCUT2D eigenvalue weighted by Gasteiger charge is 2.29. The van der Waals surface area contributed by atoms with Gasteiger partial charge in [0, 0.05) is 24.9 Å². The highest BCUT2D eigenvalue weighted by Crippen LogP contribution is 2.38. The quantitative estimate of drug-likeness (QED) is 0.697. The smallest absolute Gasteiger partial charge is 0.323 e. The van der Waals surface area contributed by atoms with Gasteiger partial charge in [-0.1, -0.05) is 24.6 Å². The highest BCUT2D eigenvalue weighted by atomic mass is 16.5. The van der Waals surface area contributed by atoms with Crippen LogP contribution >= 0.6 is 0 Å². The zero-order valence-electron chi connectivity index (χ0n) is 18.4. The lowest BCUT2D eigenvalue weighted by Crippen LogP contribution is -2.43. The summed E-state index contributed by atoms with van der Waals surface area (Å²) in [5.41, 5.74) is 8.08. The summed E-state index contributed by atoms with van der Waals surface area (Å²) >= 11 is 0. The lowest BCUT2D eigenvalue weighted by molar-refractivity contribution is -0.149. The van der Waals surface area contributed by atoms with Crippen molar-refractivity contribution in [3.05, 3.63) is 70.0 Å². The van der Waals surface area contributed by atoms with Gasteiger partial charge in [-0.15, -0.1) is 0 Å². The summed E-state index contributed by atoms with van der Waals surface area (Å²) in [6.45, 7) is 6.09. The first-order valence-electron chi connectivity index (χ1n) is 11.2. The van der Waals surface area contributed by atoms with Crippen LogP contribution in [0.5, 0.6) is 0 Å². The van der Waals surface area contributed by atoms with Gasteiger partial charge in [0.2, 0.25) is 0 Å². The molecule has 1 unspecified atom stereocenters. The molecule has 1 aromatic carbocycles. The van der Waals surface area contributed by atoms with Crippen LogP contribution in [0.1, 0.15) is 61.1 Å². The maximum absolute atomic E-state index is 12.3. The summed E-state index contributed by atoms with van der Waals surface area (Å²) in [7, 11) is 0. The van der Waals surface area contributed by atoms with Crippen molar-refractivity contribution in [2.24, 2.45) is 0 Å². The van der Waals surface area contributed by atoms with Gasteiger partial charge in [0.05, 0.1) is 23.9 Å². The number of carbonyl (C=O) groups is 1. The summed E-state index contributed by atoms with van der Waals surface area (Å²) < 4.78 is 5.35. The van der Waals surface area contributed by atoms with Gasteiger partial charge in [-0.3, -0.25) is 14.7 Å². The van der Waals surface area contributed by atoms with E-state index in [9.17, 15) is 10.1 Å². The Morgan fingerprint density at radius 3 is 2.71 bits per heavy atom. The van der Waals surface area contributed by atoms with Gasteiger partial charge in [0.15, 0.2) is 0 Å². The van der Waals surface area contributed by atoms with Crippen molar-refractivity contribution in [1.29, 1.82) is 5.26 Å². The molecular weight excluding hydrogens is 386 g/mol. The Hall–Kier alpha value is -2.97. The van der Waals surface area contributed by atoms with E-state index in [1.807, 2.05) is 38.2 Å². The number of likely N-dealkylation sites (tertiary alicyclic amines) is 1. The van der Waals surface area contributed by atoms with Crippen molar-refractivity contribution in [1.82, 2.24) is 9.88 Å². The van der Waals surface area contributed by atoms with Gasteiger partial charge in [-0.05, 0) is 73.9 Å². The number of hydrogen-bond acceptors (Lipinski definition) is 5. The topological polar surface area (TPSA) is 66.2 Å². The third kappa shape index (κ3) is 4.40. The Morgan fingerprint density at radius 1 is 1.19 bits per heavy atom. The first-order chi connectivity index (χ1) is 15.1. The molecule has 2 aromatic rings. The van der Waals surface area contributed by atoms with E-state index in [0.717, 1.165) is 50.9 Å². The molecule has 1 atom stereocenters. The number of ether oxygens (including phenoxy) is 1. The van der Waals surface area contributed by atoms with Crippen molar-refractivity contribution in [2.45, 2.75) is 52.0 Å². The van der Waals surface area contributed by atoms with Crippen LogP contribution in [0.4, 0.5) is 0 Å². The van der Waals surface area contributed by atoms with Crippen LogP contribution in [0.25, 0.3) is 5.57 Å². The van der Waals surface area contributed by atoms with Gasteiger partial charge >= 0.3 is 5.97 Å². The van der Waals surface area contributed by atoms with E-state index in [2.05, 4.69) is 23.1 Å². The lowest BCUT2D eigenvalue weighted by atomic mass is 9.88. The number of aromatic nitrogens is 1. The number of nitrogens with zero attached hydrogens (tertiary/aromatic N) is 3. The average Bonchev–Trinajstić information content (AvgIpc) is 2.98. The largest absolute Gasteiger partial charge is 0.465 e. The van der Waals surface area contributed by atoms with Crippen LogP contribution in [0.15, 0.2) is 42.1 Å². The third-order valence-electron chi connectivity index (χ3n) is 6.39. The number of rotatable bonds is 4. The molecule has 4 rings (SSSR count). The van der Waals surface area contributed by atoms with Crippen LogP contribution in [-0.2, 0) is 22.4 Å². The van der Waals surface area contributed by atoms with Crippen molar-refractivity contribution >= 4 is 11.5 Å². The van der Waals surface area contributed by atoms with E-state index in [-0.39, 0.29) is 12.0 Å². The average molecular weight is 416 g/mol. The SMILES string of the molecule is CCCOC(=O)C(C)N1CCC(=C2c3ccc(C#N)cc3CCc3cccnc32)CC1. The maximum Gasteiger partial charge on any atom is 0.323 e. The summed E-state index contributed by atoms with van der Waals surface area (Å²) in [5.74, 6) is -0.131. The Bertz CT molecular complexity index is 1040. The molecule has 0 saturated carbocycles. The van der Waals surface area contributed by atoms with Gasteiger partial charge in [-0.2, -0.15) is 5.26 Å². The number of carbonyl (C=O) groups excluding carboxylic acids is 1. The normalized spacial score (nSPS) is 17.2. The predicted octanol–water partition coefficient (Wildman–Crippen LogP) is 4.29. The third-order valence-corrected chi connectivity index (χ3v) is 6.39. The maximum atomic E-state index is 12.3. The van der Waals surface area contributed by atoms with E-state index in [0.29, 0.717) is 12.2 Å². The molecule has 1 aliphatic heterocycles. The van der Waals surface area contributed by atoms with Crippen LogP contribution in [0.2, 0.25) is 0 Å². The highest BCUT2D eigenvalue weighted by molar-refractivity contribution is 5.84. The Morgan fingerprint density at radius 2 is 1.97 bits per heavy atom. The second-order valence-corrected chi connectivity index (χ2v) is 8.35. The molecular formula is C26H29N3O2. The monoisotopic (exact) mass is 415 g/mol. The number of pyridine rings is 1. The summed E-state index contributed by atoms with van der Waals surface area (Å²) in [4.78, 5) is 19.3. The fourth-order valence-corrected chi connectivity index (χ4v) is 4.64. The number of piperidine rings is 1. The van der Waals surface area contributed by atoms with E-state index in [4.69, 9.17) is 9.72 Å². The first-order valence-corrected chi connectivity index (χ1v) is 11.2. The molecule has 0 N–H and O–H groups in total. The molecule has 0 bridgehead atoms. The van der Waals surface area contributed by atoms with Crippen molar-refractivity contribution in [3.8, 4) is 6.07 Å². The molecule has 1 fully saturated rings. The molecule has 0 radical (unpaired) electrons. The fourth-order valence-electron chi connectivity index (χ4n) is 4.64. The van der Waals surface area contributed by atoms with E-state index in [1.54, 1.807) is 0 Å². The second-order valence-electron chi connectivity index (χ2n) is 8.35. The minimum atomic E-state index is -0.219. The summed E-state index contributed by atoms with van der Waals surface area (Å²) in [5, 5.41) is 9.36. The Labute approximate surface area is 184 Å². The summed E-state index contributed by atoms with van der Waals surface area (Å²) in [6.07, 6.45) is 6.34. The molecule has 160 valence electrons. The zero-order chi connectivity index (χ0) is 21.8.